The average Bonchev–Trinajstić information content (AvgIpc) is 3.83. The fraction of sp³-hybridized carbons (Fsp3) is 0. The second-order valence-electron chi connectivity index (χ2n) is 16.3. The molecule has 3 aliphatic rings. The molecular weight excluding hydrogens is 748 g/mol. The number of hydrogen-bond donors (Lipinski definition) is 0. The van der Waals surface area contributed by atoms with Crippen LogP contribution in [0.1, 0.15) is 0 Å². The molecular formula is C54H33BN2O2Si. The van der Waals surface area contributed by atoms with Crippen LogP contribution in [-0.4, -0.2) is 23.9 Å². The first-order valence-electron chi connectivity index (χ1n) is 20.7. The number of aromatic nitrogens is 2. The fourth-order valence-corrected chi connectivity index (χ4v) is 16.3. The summed E-state index contributed by atoms with van der Waals surface area (Å²) in [4.78, 5) is 0. The van der Waals surface area contributed by atoms with E-state index in [1.54, 1.807) is 0 Å². The molecule has 0 atom stereocenters. The van der Waals surface area contributed by atoms with Gasteiger partial charge in [0, 0.05) is 39.1 Å². The van der Waals surface area contributed by atoms with Crippen molar-refractivity contribution in [3.8, 4) is 34.4 Å². The molecule has 2 aromatic heterocycles. The standard InChI is InChI=1S/C54H33BN2O2Si/c1-3-16-35(17-4-1)60(36-18-5-2-6-19-36)49-30-15-27-44-51(49)39-21-8-11-26-43(39)57(44)45-28-13-22-38-37-20-7-10-25-42(37)56(53(38)45)34-32-47-52-48(33-34)59-54-41(24-14-31-50(54)60)55(52)40-23-9-12-29-46(40)58-47/h1-33H. The summed E-state index contributed by atoms with van der Waals surface area (Å²) in [5.74, 6) is 3.47. The summed E-state index contributed by atoms with van der Waals surface area (Å²) in [6.07, 6.45) is 0. The Kier molecular flexibility index (Phi) is 6.37. The molecule has 9 aromatic carbocycles. The van der Waals surface area contributed by atoms with Crippen molar-refractivity contribution in [1.82, 2.24) is 9.13 Å². The molecule has 0 saturated carbocycles. The smallest absolute Gasteiger partial charge is 0.260 e. The molecule has 4 nitrogen and oxygen atoms in total. The van der Waals surface area contributed by atoms with Crippen molar-refractivity contribution in [3.63, 3.8) is 0 Å². The van der Waals surface area contributed by atoms with Gasteiger partial charge in [-0.05, 0) is 62.0 Å². The van der Waals surface area contributed by atoms with Crippen LogP contribution in [0.25, 0.3) is 55.0 Å². The van der Waals surface area contributed by atoms with E-state index in [4.69, 9.17) is 9.47 Å². The molecule has 0 fully saturated rings. The lowest BCUT2D eigenvalue weighted by Crippen LogP contribution is -2.76. The molecule has 14 rings (SSSR count). The Morgan fingerprint density at radius 1 is 0.417 bits per heavy atom. The Balaban J connectivity index is 1.28. The van der Waals surface area contributed by atoms with E-state index in [1.165, 1.54) is 53.3 Å². The first kappa shape index (κ1) is 32.4. The van der Waals surface area contributed by atoms with E-state index in [0.717, 1.165) is 61.8 Å². The molecule has 0 spiro atoms. The summed E-state index contributed by atoms with van der Waals surface area (Å²) in [7, 11) is -3.24. The topological polar surface area (TPSA) is 28.3 Å². The first-order chi connectivity index (χ1) is 29.8. The summed E-state index contributed by atoms with van der Waals surface area (Å²) in [5.41, 5.74) is 10.1. The SMILES string of the molecule is c1ccc([Si]2(c3ccccc3)c3cccc4c3Oc3cc(cc5c3B4c3ccccc3O5)-n3c4ccccc4c4cccc(c43)-n3c4ccccc4c4c2cccc43)cc1. The summed E-state index contributed by atoms with van der Waals surface area (Å²) < 4.78 is 19.6. The Bertz CT molecular complexity index is 3590. The monoisotopic (exact) mass is 780 g/mol. The summed E-state index contributed by atoms with van der Waals surface area (Å²) in [5, 5.41) is 10.1. The highest BCUT2D eigenvalue weighted by molar-refractivity contribution is 7.21. The minimum atomic E-state index is -3.24. The van der Waals surface area contributed by atoms with E-state index in [1.807, 2.05) is 0 Å². The van der Waals surface area contributed by atoms with Crippen LogP contribution in [0.15, 0.2) is 200 Å². The highest BCUT2D eigenvalue weighted by Crippen LogP contribution is 2.43. The number of benzene rings is 9. The Morgan fingerprint density at radius 3 is 1.80 bits per heavy atom. The van der Waals surface area contributed by atoms with E-state index in [0.29, 0.717) is 0 Å². The Morgan fingerprint density at radius 2 is 1.00 bits per heavy atom. The third-order valence-electron chi connectivity index (χ3n) is 13.5. The molecule has 7 bridgehead atoms. The molecule has 3 aliphatic heterocycles. The summed E-state index contributed by atoms with van der Waals surface area (Å²) in [6, 6.07) is 74.1. The van der Waals surface area contributed by atoms with Gasteiger partial charge in [0.1, 0.15) is 23.0 Å². The predicted molar refractivity (Wildman–Crippen MR) is 250 cm³/mol. The van der Waals surface area contributed by atoms with Crippen molar-refractivity contribution < 1.29 is 9.47 Å². The van der Waals surface area contributed by atoms with Gasteiger partial charge in [-0.1, -0.05) is 158 Å². The third-order valence-corrected chi connectivity index (χ3v) is 18.3. The van der Waals surface area contributed by atoms with Gasteiger partial charge in [-0.25, -0.2) is 0 Å². The Labute approximate surface area is 347 Å². The first-order valence-corrected chi connectivity index (χ1v) is 22.7. The minimum Gasteiger partial charge on any atom is -0.458 e. The van der Waals surface area contributed by atoms with Crippen molar-refractivity contribution in [1.29, 1.82) is 0 Å². The number of hydrogen-bond acceptors (Lipinski definition) is 2. The zero-order valence-electron chi connectivity index (χ0n) is 32.3. The average molecular weight is 781 g/mol. The molecule has 0 unspecified atom stereocenters. The van der Waals surface area contributed by atoms with Gasteiger partial charge < -0.3 is 18.6 Å². The minimum absolute atomic E-state index is 0.0877. The van der Waals surface area contributed by atoms with Crippen LogP contribution in [0.2, 0.25) is 0 Å². The number of fused-ring (bicyclic) bond motifs is 11. The lowest BCUT2D eigenvalue weighted by molar-refractivity contribution is 0.466. The lowest BCUT2D eigenvalue weighted by atomic mass is 9.35. The van der Waals surface area contributed by atoms with Crippen LogP contribution in [0.5, 0.6) is 23.0 Å². The fourth-order valence-electron chi connectivity index (χ4n) is 11.2. The largest absolute Gasteiger partial charge is 0.458 e. The van der Waals surface area contributed by atoms with Crippen LogP contribution in [0, 0.1) is 0 Å². The van der Waals surface area contributed by atoms with E-state index >= 15 is 0 Å². The van der Waals surface area contributed by atoms with Gasteiger partial charge in [0.25, 0.3) is 6.71 Å². The number of para-hydroxylation sites is 5. The Hall–Kier alpha value is -7.54. The van der Waals surface area contributed by atoms with Gasteiger partial charge >= 0.3 is 0 Å². The molecule has 5 heterocycles. The molecule has 0 N–H and O–H groups in total. The van der Waals surface area contributed by atoms with Crippen LogP contribution in [-0.2, 0) is 0 Å². The molecule has 0 saturated heterocycles. The van der Waals surface area contributed by atoms with Gasteiger partial charge in [0.2, 0.25) is 0 Å². The quantitative estimate of drug-likeness (QED) is 0.165. The van der Waals surface area contributed by atoms with Gasteiger partial charge in [0.15, 0.2) is 8.07 Å². The number of rotatable bonds is 2. The van der Waals surface area contributed by atoms with E-state index < -0.39 is 8.07 Å². The maximum atomic E-state index is 7.63. The highest BCUT2D eigenvalue weighted by atomic mass is 28.3. The second-order valence-corrected chi connectivity index (χ2v) is 20.0. The molecule has 60 heavy (non-hydrogen) atoms. The molecule has 0 aliphatic carbocycles. The van der Waals surface area contributed by atoms with Crippen molar-refractivity contribution in [2.75, 3.05) is 0 Å². The molecule has 0 radical (unpaired) electrons. The highest BCUT2D eigenvalue weighted by Gasteiger charge is 2.49. The summed E-state index contributed by atoms with van der Waals surface area (Å²) in [6.45, 7) is -0.0877. The van der Waals surface area contributed by atoms with Crippen LogP contribution in [0.3, 0.4) is 0 Å². The number of nitrogens with zero attached hydrogens (tertiary/aromatic N) is 2. The third kappa shape index (κ3) is 4.01. The molecule has 6 heteroatoms. The van der Waals surface area contributed by atoms with Gasteiger partial charge in [-0.2, -0.15) is 0 Å². The van der Waals surface area contributed by atoms with Gasteiger partial charge in [0.05, 0.1) is 33.4 Å². The van der Waals surface area contributed by atoms with E-state index in [-0.39, 0.29) is 6.71 Å². The van der Waals surface area contributed by atoms with Crippen molar-refractivity contribution in [2.45, 2.75) is 0 Å². The predicted octanol–water partition coefficient (Wildman–Crippen LogP) is 8.30. The molecule has 0 amide bonds. The molecule has 278 valence electrons. The zero-order chi connectivity index (χ0) is 39.1. The van der Waals surface area contributed by atoms with Gasteiger partial charge in [-0.15, -0.1) is 0 Å². The number of ether oxygens (including phenoxy) is 2. The van der Waals surface area contributed by atoms with Crippen LogP contribution >= 0.6 is 0 Å². The molecule has 11 aromatic rings. The van der Waals surface area contributed by atoms with Crippen LogP contribution in [0.4, 0.5) is 0 Å². The summed E-state index contributed by atoms with van der Waals surface area (Å²) >= 11 is 0. The second kappa shape index (κ2) is 11.8. The van der Waals surface area contributed by atoms with Crippen molar-refractivity contribution in [2.24, 2.45) is 0 Å². The van der Waals surface area contributed by atoms with Gasteiger partial charge in [-0.3, -0.25) is 0 Å². The van der Waals surface area contributed by atoms with E-state index in [2.05, 4.69) is 209 Å². The van der Waals surface area contributed by atoms with Crippen molar-refractivity contribution in [3.05, 3.63) is 200 Å². The lowest BCUT2D eigenvalue weighted by Gasteiger charge is -2.39. The normalized spacial score (nSPS) is 14.0. The van der Waals surface area contributed by atoms with E-state index in [9.17, 15) is 0 Å². The zero-order valence-corrected chi connectivity index (χ0v) is 33.3. The maximum Gasteiger partial charge on any atom is 0.260 e. The van der Waals surface area contributed by atoms with Crippen molar-refractivity contribution >= 4 is 95.5 Å². The maximum absolute atomic E-state index is 7.63. The van der Waals surface area contributed by atoms with Crippen LogP contribution < -0.4 is 46.6 Å².